The van der Waals surface area contributed by atoms with Crippen LogP contribution in [0.15, 0.2) is 47.2 Å². The van der Waals surface area contributed by atoms with E-state index in [0.717, 1.165) is 0 Å². The maximum Gasteiger partial charge on any atom is 0.200 e. The molecule has 0 radical (unpaired) electrons. The summed E-state index contributed by atoms with van der Waals surface area (Å²) in [5, 5.41) is 21.5. The molecule has 1 N–H and O–H groups in total. The van der Waals surface area contributed by atoms with E-state index < -0.39 is 6.10 Å². The zero-order valence-corrected chi connectivity index (χ0v) is 11.7. The second-order valence-corrected chi connectivity index (χ2v) is 4.65. The number of rotatable bonds is 7. The summed E-state index contributed by atoms with van der Waals surface area (Å²) in [5.74, 6) is 1.22. The quantitative estimate of drug-likeness (QED) is 0.692. The average Bonchev–Trinajstić information content (AvgIpc) is 3.20. The van der Waals surface area contributed by atoms with E-state index in [1.54, 1.807) is 18.5 Å². The van der Waals surface area contributed by atoms with Crippen LogP contribution in [0, 0.1) is 0 Å². The lowest BCUT2D eigenvalue weighted by molar-refractivity contribution is 0.0131. The average molecular weight is 301 g/mol. The lowest BCUT2D eigenvalue weighted by atomic mass is 10.3. The lowest BCUT2D eigenvalue weighted by Crippen LogP contribution is -2.23. The highest BCUT2D eigenvalue weighted by Crippen LogP contribution is 2.12. The number of aliphatic hydroxyl groups excluding tert-OH is 1. The van der Waals surface area contributed by atoms with Crippen molar-refractivity contribution in [3.05, 3.63) is 48.6 Å². The molecule has 8 heteroatoms. The van der Waals surface area contributed by atoms with Crippen molar-refractivity contribution in [3.8, 4) is 11.5 Å². The Labute approximate surface area is 126 Å². The lowest BCUT2D eigenvalue weighted by Gasteiger charge is -2.11. The van der Waals surface area contributed by atoms with Crippen LogP contribution in [-0.2, 0) is 17.9 Å². The second kappa shape index (κ2) is 6.92. The van der Waals surface area contributed by atoms with Crippen molar-refractivity contribution in [2.24, 2.45) is 0 Å². The molecular formula is C14H15N5O3. The molecule has 114 valence electrons. The van der Waals surface area contributed by atoms with E-state index in [0.29, 0.717) is 23.9 Å². The molecule has 3 aromatic heterocycles. The summed E-state index contributed by atoms with van der Waals surface area (Å²) in [4.78, 5) is 4.20. The minimum absolute atomic E-state index is 0.155. The molecule has 0 bridgehead atoms. The first-order valence-corrected chi connectivity index (χ1v) is 6.78. The molecule has 0 aliphatic carbocycles. The summed E-state index contributed by atoms with van der Waals surface area (Å²) in [6, 6.07) is 9.07. The Morgan fingerprint density at radius 2 is 2.23 bits per heavy atom. The molecule has 1 atom stereocenters. The van der Waals surface area contributed by atoms with E-state index >= 15 is 0 Å². The molecule has 8 nitrogen and oxygen atoms in total. The van der Waals surface area contributed by atoms with E-state index in [1.807, 2.05) is 24.3 Å². The molecule has 0 aliphatic rings. The van der Waals surface area contributed by atoms with Gasteiger partial charge >= 0.3 is 0 Å². The highest BCUT2D eigenvalue weighted by molar-refractivity contribution is 5.47. The minimum atomic E-state index is -0.735. The Morgan fingerprint density at radius 3 is 3.00 bits per heavy atom. The number of hydrogen-bond acceptors (Lipinski definition) is 7. The van der Waals surface area contributed by atoms with Gasteiger partial charge in [0.1, 0.15) is 18.1 Å². The van der Waals surface area contributed by atoms with Gasteiger partial charge in [0.05, 0.1) is 25.5 Å². The van der Waals surface area contributed by atoms with E-state index in [4.69, 9.17) is 9.15 Å². The number of pyridine rings is 1. The highest BCUT2D eigenvalue weighted by atomic mass is 16.5. The van der Waals surface area contributed by atoms with E-state index in [-0.39, 0.29) is 13.2 Å². The summed E-state index contributed by atoms with van der Waals surface area (Å²) in [5.41, 5.74) is 0.649. The standard InChI is InChI=1S/C14H15N5O3/c20-11(9-21-10-12-4-3-7-22-12)8-19-14(16-17-18-19)13-5-1-2-6-15-13/h1-7,11,20H,8-10H2. The third-order valence-electron chi connectivity index (χ3n) is 2.94. The zero-order valence-electron chi connectivity index (χ0n) is 11.7. The SMILES string of the molecule is OC(COCc1ccco1)Cn1nnnc1-c1ccccn1. The van der Waals surface area contributed by atoms with E-state index in [9.17, 15) is 5.11 Å². The van der Waals surface area contributed by atoms with Crippen molar-refractivity contribution in [1.82, 2.24) is 25.2 Å². The van der Waals surface area contributed by atoms with Gasteiger partial charge in [-0.15, -0.1) is 5.10 Å². The predicted molar refractivity (Wildman–Crippen MR) is 75.4 cm³/mol. The molecule has 0 aliphatic heterocycles. The number of aromatic nitrogens is 5. The van der Waals surface area contributed by atoms with Gasteiger partial charge in [-0.05, 0) is 34.7 Å². The Morgan fingerprint density at radius 1 is 1.27 bits per heavy atom. The molecule has 0 aromatic carbocycles. The molecule has 22 heavy (non-hydrogen) atoms. The predicted octanol–water partition coefficient (Wildman–Crippen LogP) is 0.906. The van der Waals surface area contributed by atoms with Gasteiger partial charge < -0.3 is 14.3 Å². The third-order valence-corrected chi connectivity index (χ3v) is 2.94. The van der Waals surface area contributed by atoms with Crippen LogP contribution in [0.1, 0.15) is 5.76 Å². The number of hydrogen-bond donors (Lipinski definition) is 1. The van der Waals surface area contributed by atoms with Crippen molar-refractivity contribution in [2.75, 3.05) is 6.61 Å². The first-order valence-electron chi connectivity index (χ1n) is 6.78. The van der Waals surface area contributed by atoms with Crippen LogP contribution in [0.4, 0.5) is 0 Å². The fraction of sp³-hybridized carbons (Fsp3) is 0.286. The van der Waals surface area contributed by atoms with Crippen LogP contribution in [0.3, 0.4) is 0 Å². The van der Waals surface area contributed by atoms with Crippen LogP contribution in [0.25, 0.3) is 11.5 Å². The summed E-state index contributed by atoms with van der Waals surface area (Å²) in [6.45, 7) is 0.687. The van der Waals surface area contributed by atoms with Crippen molar-refractivity contribution in [2.45, 2.75) is 19.3 Å². The summed E-state index contributed by atoms with van der Waals surface area (Å²) in [6.07, 6.45) is 2.51. The number of tetrazole rings is 1. The fourth-order valence-corrected chi connectivity index (χ4v) is 1.95. The second-order valence-electron chi connectivity index (χ2n) is 4.65. The molecule has 0 spiro atoms. The molecule has 0 saturated heterocycles. The van der Waals surface area contributed by atoms with Crippen molar-refractivity contribution in [3.63, 3.8) is 0 Å². The highest BCUT2D eigenvalue weighted by Gasteiger charge is 2.14. The van der Waals surface area contributed by atoms with Gasteiger partial charge in [-0.3, -0.25) is 4.98 Å². The third kappa shape index (κ3) is 3.54. The maximum absolute atomic E-state index is 10.0. The first kappa shape index (κ1) is 14.4. The molecular weight excluding hydrogens is 286 g/mol. The number of furan rings is 1. The van der Waals surface area contributed by atoms with Gasteiger partial charge in [-0.25, -0.2) is 4.68 Å². The Kier molecular flexibility index (Phi) is 4.52. The van der Waals surface area contributed by atoms with Crippen LogP contribution < -0.4 is 0 Å². The number of ether oxygens (including phenoxy) is 1. The Bertz CT molecular complexity index is 684. The fourth-order valence-electron chi connectivity index (χ4n) is 1.95. The van der Waals surface area contributed by atoms with Crippen molar-refractivity contribution < 1.29 is 14.3 Å². The van der Waals surface area contributed by atoms with Crippen molar-refractivity contribution in [1.29, 1.82) is 0 Å². The molecule has 3 aromatic rings. The van der Waals surface area contributed by atoms with Gasteiger partial charge in [0, 0.05) is 6.20 Å². The number of nitrogens with zero attached hydrogens (tertiary/aromatic N) is 5. The smallest absolute Gasteiger partial charge is 0.200 e. The zero-order chi connectivity index (χ0) is 15.2. The molecule has 0 fully saturated rings. The Hall–Kier alpha value is -2.58. The van der Waals surface area contributed by atoms with Crippen LogP contribution in [0.2, 0.25) is 0 Å². The van der Waals surface area contributed by atoms with Crippen molar-refractivity contribution >= 4 is 0 Å². The maximum atomic E-state index is 10.0. The van der Waals surface area contributed by atoms with E-state index in [1.165, 1.54) is 4.68 Å². The van der Waals surface area contributed by atoms with Crippen LogP contribution in [-0.4, -0.2) is 43.0 Å². The van der Waals surface area contributed by atoms with Gasteiger partial charge in [-0.1, -0.05) is 6.07 Å². The number of aliphatic hydroxyl groups is 1. The van der Waals surface area contributed by atoms with Gasteiger partial charge in [0.2, 0.25) is 5.82 Å². The minimum Gasteiger partial charge on any atom is -0.467 e. The van der Waals surface area contributed by atoms with Gasteiger partial charge in [-0.2, -0.15) is 0 Å². The summed E-state index contributed by atoms with van der Waals surface area (Å²) >= 11 is 0. The molecule has 0 amide bonds. The molecule has 3 heterocycles. The Balaban J connectivity index is 1.56. The van der Waals surface area contributed by atoms with Gasteiger partial charge in [0.25, 0.3) is 0 Å². The molecule has 1 unspecified atom stereocenters. The topological polar surface area (TPSA) is 99.1 Å². The largest absolute Gasteiger partial charge is 0.467 e. The normalized spacial score (nSPS) is 12.4. The van der Waals surface area contributed by atoms with Crippen LogP contribution >= 0.6 is 0 Å². The summed E-state index contributed by atoms with van der Waals surface area (Å²) in [7, 11) is 0. The molecule has 3 rings (SSSR count). The monoisotopic (exact) mass is 301 g/mol. The first-order chi connectivity index (χ1) is 10.8. The molecule has 0 saturated carbocycles. The van der Waals surface area contributed by atoms with E-state index in [2.05, 4.69) is 20.5 Å². The van der Waals surface area contributed by atoms with Crippen LogP contribution in [0.5, 0.6) is 0 Å². The summed E-state index contributed by atoms with van der Waals surface area (Å²) < 4.78 is 12.0. The van der Waals surface area contributed by atoms with Gasteiger partial charge in [0.15, 0.2) is 0 Å².